The van der Waals surface area contributed by atoms with Crippen LogP contribution in [0.25, 0.3) is 5.76 Å². The second-order valence-electron chi connectivity index (χ2n) is 3.94. The molecular weight excluding hydrogens is 272 g/mol. The van der Waals surface area contributed by atoms with E-state index in [1.807, 2.05) is 6.07 Å². The molecule has 0 radical (unpaired) electrons. The SMILES string of the molecule is CCOC(=O)C(/C=N/n1cnnc1)=C(/O)c1ccccc1. The Hall–Kier alpha value is -2.96. The zero-order valence-corrected chi connectivity index (χ0v) is 11.4. The number of carbonyl (C=O) groups excluding carboxylic acids is 1. The molecule has 2 rings (SSSR count). The minimum atomic E-state index is -0.657. The number of aliphatic hydroxyl groups is 1. The molecule has 7 heteroatoms. The molecule has 0 bridgehead atoms. The van der Waals surface area contributed by atoms with Crippen LogP contribution in [-0.2, 0) is 9.53 Å². The summed E-state index contributed by atoms with van der Waals surface area (Å²) in [4.78, 5) is 11.9. The first kappa shape index (κ1) is 14.4. The number of hydrogen-bond acceptors (Lipinski definition) is 6. The Balaban J connectivity index is 2.38. The monoisotopic (exact) mass is 286 g/mol. The number of aliphatic hydroxyl groups excluding tert-OH is 1. The summed E-state index contributed by atoms with van der Waals surface area (Å²) >= 11 is 0. The van der Waals surface area contributed by atoms with Crippen molar-refractivity contribution in [1.82, 2.24) is 14.9 Å². The lowest BCUT2D eigenvalue weighted by Gasteiger charge is -2.06. The summed E-state index contributed by atoms with van der Waals surface area (Å²) in [6, 6.07) is 8.69. The molecule has 0 aliphatic rings. The van der Waals surface area contributed by atoms with Crippen LogP contribution in [0.3, 0.4) is 0 Å². The molecule has 21 heavy (non-hydrogen) atoms. The van der Waals surface area contributed by atoms with Crippen LogP contribution in [0, 0.1) is 0 Å². The fourth-order valence-corrected chi connectivity index (χ4v) is 1.55. The van der Waals surface area contributed by atoms with E-state index in [4.69, 9.17) is 4.74 Å². The Morgan fingerprint density at radius 3 is 2.62 bits per heavy atom. The third-order valence-corrected chi connectivity index (χ3v) is 2.52. The van der Waals surface area contributed by atoms with Gasteiger partial charge in [-0.2, -0.15) is 5.10 Å². The highest BCUT2D eigenvalue weighted by molar-refractivity contribution is 6.14. The van der Waals surface area contributed by atoms with Gasteiger partial charge in [-0.15, -0.1) is 10.2 Å². The molecule has 2 aromatic rings. The average Bonchev–Trinajstić information content (AvgIpc) is 3.02. The predicted molar refractivity (Wildman–Crippen MR) is 76.5 cm³/mol. The Labute approximate surface area is 121 Å². The molecule has 1 heterocycles. The molecule has 0 atom stereocenters. The van der Waals surface area contributed by atoms with Gasteiger partial charge in [0.05, 0.1) is 12.8 Å². The molecule has 0 aliphatic heterocycles. The van der Waals surface area contributed by atoms with E-state index in [2.05, 4.69) is 15.3 Å². The lowest BCUT2D eigenvalue weighted by Crippen LogP contribution is -2.11. The van der Waals surface area contributed by atoms with Gasteiger partial charge < -0.3 is 9.84 Å². The maximum Gasteiger partial charge on any atom is 0.343 e. The maximum absolute atomic E-state index is 11.9. The van der Waals surface area contributed by atoms with Gasteiger partial charge in [0.25, 0.3) is 0 Å². The highest BCUT2D eigenvalue weighted by Gasteiger charge is 2.16. The summed E-state index contributed by atoms with van der Waals surface area (Å²) < 4.78 is 6.23. The Morgan fingerprint density at radius 2 is 2.00 bits per heavy atom. The van der Waals surface area contributed by atoms with Crippen LogP contribution in [0.1, 0.15) is 12.5 Å². The number of rotatable bonds is 5. The van der Waals surface area contributed by atoms with Crippen molar-refractivity contribution in [3.63, 3.8) is 0 Å². The number of nitrogens with zero attached hydrogens (tertiary/aromatic N) is 4. The summed E-state index contributed by atoms with van der Waals surface area (Å²) in [6.07, 6.45) is 3.93. The van der Waals surface area contributed by atoms with Gasteiger partial charge in [0.2, 0.25) is 0 Å². The molecule has 1 N–H and O–H groups in total. The summed E-state index contributed by atoms with van der Waals surface area (Å²) in [5, 5.41) is 21.4. The number of benzene rings is 1. The van der Waals surface area contributed by atoms with E-state index in [-0.39, 0.29) is 17.9 Å². The van der Waals surface area contributed by atoms with Crippen molar-refractivity contribution in [3.05, 3.63) is 54.1 Å². The van der Waals surface area contributed by atoms with Crippen molar-refractivity contribution in [2.24, 2.45) is 5.10 Å². The number of carbonyl (C=O) groups is 1. The molecule has 0 fully saturated rings. The summed E-state index contributed by atoms with van der Waals surface area (Å²) in [5.41, 5.74) is 0.451. The van der Waals surface area contributed by atoms with Crippen molar-refractivity contribution in [2.45, 2.75) is 6.92 Å². The summed E-state index contributed by atoms with van der Waals surface area (Å²) in [5.74, 6) is -0.860. The second-order valence-corrected chi connectivity index (χ2v) is 3.94. The van der Waals surface area contributed by atoms with Crippen LogP contribution < -0.4 is 0 Å². The van der Waals surface area contributed by atoms with E-state index >= 15 is 0 Å². The van der Waals surface area contributed by atoms with Crippen LogP contribution in [0.4, 0.5) is 0 Å². The van der Waals surface area contributed by atoms with Crippen molar-refractivity contribution < 1.29 is 14.6 Å². The van der Waals surface area contributed by atoms with Gasteiger partial charge in [0, 0.05) is 5.56 Å². The number of aromatic nitrogens is 3. The number of esters is 1. The third kappa shape index (κ3) is 3.75. The predicted octanol–water partition coefficient (Wildman–Crippen LogP) is 1.64. The van der Waals surface area contributed by atoms with E-state index in [1.165, 1.54) is 23.5 Å². The van der Waals surface area contributed by atoms with E-state index < -0.39 is 5.97 Å². The minimum absolute atomic E-state index is 0.0447. The van der Waals surface area contributed by atoms with Crippen LogP contribution in [0.15, 0.2) is 53.7 Å². The number of ether oxygens (including phenoxy) is 1. The molecule has 7 nitrogen and oxygen atoms in total. The molecule has 1 aromatic carbocycles. The molecular formula is C14H14N4O3. The van der Waals surface area contributed by atoms with Gasteiger partial charge >= 0.3 is 5.97 Å². The normalized spacial score (nSPS) is 12.2. The quantitative estimate of drug-likeness (QED) is 0.390. The van der Waals surface area contributed by atoms with Crippen LogP contribution in [0.5, 0.6) is 0 Å². The van der Waals surface area contributed by atoms with E-state index in [0.29, 0.717) is 5.56 Å². The largest absolute Gasteiger partial charge is 0.506 e. The van der Waals surface area contributed by atoms with E-state index in [0.717, 1.165) is 0 Å². The first-order valence-corrected chi connectivity index (χ1v) is 6.27. The van der Waals surface area contributed by atoms with Gasteiger partial charge in [-0.3, -0.25) is 0 Å². The summed E-state index contributed by atoms with van der Waals surface area (Å²) in [6.45, 7) is 1.89. The minimum Gasteiger partial charge on any atom is -0.506 e. The van der Waals surface area contributed by atoms with Crippen LogP contribution >= 0.6 is 0 Å². The molecule has 0 saturated heterocycles. The average molecular weight is 286 g/mol. The van der Waals surface area contributed by atoms with Crippen LogP contribution in [-0.4, -0.2) is 38.8 Å². The lowest BCUT2D eigenvalue weighted by molar-refractivity contribution is -0.137. The van der Waals surface area contributed by atoms with Crippen molar-refractivity contribution in [3.8, 4) is 0 Å². The van der Waals surface area contributed by atoms with Gasteiger partial charge in [-0.25, -0.2) is 9.47 Å². The van der Waals surface area contributed by atoms with Crippen molar-refractivity contribution in [1.29, 1.82) is 0 Å². The standard InChI is InChI=1S/C14H14N4O3/c1-2-21-14(20)12(8-17-18-9-15-16-10-18)13(19)11-6-4-3-5-7-11/h3-10,19H,2H2,1H3/b13-12+,17-8+. The zero-order chi connectivity index (χ0) is 15.1. The molecule has 108 valence electrons. The Bertz CT molecular complexity index is 648. The third-order valence-electron chi connectivity index (χ3n) is 2.52. The van der Waals surface area contributed by atoms with Gasteiger partial charge in [0.15, 0.2) is 0 Å². The van der Waals surface area contributed by atoms with Gasteiger partial charge in [-0.1, -0.05) is 30.3 Å². The summed E-state index contributed by atoms with van der Waals surface area (Å²) in [7, 11) is 0. The first-order chi connectivity index (χ1) is 10.2. The smallest absolute Gasteiger partial charge is 0.343 e. The van der Waals surface area contributed by atoms with Gasteiger partial charge in [-0.05, 0) is 6.92 Å². The fraction of sp³-hybridized carbons (Fsp3) is 0.143. The molecule has 0 aliphatic carbocycles. The Morgan fingerprint density at radius 1 is 1.33 bits per heavy atom. The highest BCUT2D eigenvalue weighted by atomic mass is 16.5. The molecule has 0 spiro atoms. The molecule has 0 saturated carbocycles. The van der Waals surface area contributed by atoms with Crippen molar-refractivity contribution >= 4 is 17.9 Å². The molecule has 1 aromatic heterocycles. The molecule has 0 amide bonds. The Kier molecular flexibility index (Phi) is 4.81. The van der Waals surface area contributed by atoms with Gasteiger partial charge in [0.1, 0.15) is 24.0 Å². The van der Waals surface area contributed by atoms with E-state index in [9.17, 15) is 9.90 Å². The second kappa shape index (κ2) is 6.99. The lowest BCUT2D eigenvalue weighted by atomic mass is 10.1. The number of hydrogen-bond donors (Lipinski definition) is 1. The maximum atomic E-state index is 11.9. The molecule has 0 unspecified atom stereocenters. The zero-order valence-electron chi connectivity index (χ0n) is 11.4. The first-order valence-electron chi connectivity index (χ1n) is 6.27. The van der Waals surface area contributed by atoms with Crippen molar-refractivity contribution in [2.75, 3.05) is 6.61 Å². The van der Waals surface area contributed by atoms with Crippen LogP contribution in [0.2, 0.25) is 0 Å². The highest BCUT2D eigenvalue weighted by Crippen LogP contribution is 2.15. The topological polar surface area (TPSA) is 89.6 Å². The van der Waals surface area contributed by atoms with E-state index in [1.54, 1.807) is 31.2 Å². The fourth-order valence-electron chi connectivity index (χ4n) is 1.55.